The van der Waals surface area contributed by atoms with Gasteiger partial charge in [-0.25, -0.2) is 18.7 Å². The number of anilines is 4. The number of ether oxygens (including phenoxy) is 1. The molecule has 1 amide bonds. The van der Waals surface area contributed by atoms with Gasteiger partial charge >= 0.3 is 0 Å². The van der Waals surface area contributed by atoms with Crippen LogP contribution < -0.4 is 26.0 Å². The maximum atomic E-state index is 14.1. The van der Waals surface area contributed by atoms with E-state index in [-0.39, 0.29) is 0 Å². The average Bonchev–Trinajstić information content (AvgIpc) is 2.95. The Labute approximate surface area is 247 Å². The van der Waals surface area contributed by atoms with E-state index in [1.54, 1.807) is 37.6 Å². The number of hydrogen-bond acceptors (Lipinski definition) is 8. The molecule has 11 heteroatoms. The van der Waals surface area contributed by atoms with E-state index < -0.39 is 23.1 Å². The van der Waals surface area contributed by atoms with Gasteiger partial charge in [0, 0.05) is 36.6 Å². The van der Waals surface area contributed by atoms with Gasteiger partial charge in [0.15, 0.2) is 0 Å². The molecule has 4 aromatic rings. The second-order valence-corrected chi connectivity index (χ2v) is 10.5. The molecule has 0 aliphatic heterocycles. The molecule has 0 aliphatic carbocycles. The summed E-state index contributed by atoms with van der Waals surface area (Å²) in [4.78, 5) is 24.4. The van der Waals surface area contributed by atoms with Gasteiger partial charge in [0.05, 0.1) is 23.5 Å². The van der Waals surface area contributed by atoms with E-state index in [0.29, 0.717) is 27.3 Å². The number of allylic oxidation sites excluding steroid dienone is 1. The highest BCUT2D eigenvalue weighted by molar-refractivity contribution is 8.11. The normalized spacial score (nSPS) is 11.4. The first-order valence-corrected chi connectivity index (χ1v) is 13.5. The third kappa shape index (κ3) is 7.05. The van der Waals surface area contributed by atoms with Crippen molar-refractivity contribution in [1.82, 2.24) is 9.97 Å². The van der Waals surface area contributed by atoms with Gasteiger partial charge in [-0.1, -0.05) is 36.5 Å². The summed E-state index contributed by atoms with van der Waals surface area (Å²) in [6, 6.07) is 17.6. The average molecular weight is 589 g/mol. The third-order valence-electron chi connectivity index (χ3n) is 6.12. The number of amides is 1. The standard InChI is InChI=1S/C31H30F2N6O2S/c1-18(20-8-6-9-21(16-20)36-30(40)28-23(32)10-7-11-24(28)33)29(42-19(2)34)25-14-15-35-31(38-25)37-22-12-13-27(41-5)26(17-22)39(3)4/h6-17H,2,34H2,1,3-5H3,(H,36,40)(H,35,37,38)/b29-18+. The van der Waals surface area contributed by atoms with E-state index in [4.69, 9.17) is 15.5 Å². The summed E-state index contributed by atoms with van der Waals surface area (Å²) in [6.45, 7) is 5.72. The van der Waals surface area contributed by atoms with Crippen LogP contribution in [0.4, 0.5) is 31.8 Å². The van der Waals surface area contributed by atoms with E-state index in [0.717, 1.165) is 40.4 Å². The molecule has 0 aliphatic rings. The van der Waals surface area contributed by atoms with Gasteiger partial charge in [0.25, 0.3) is 5.91 Å². The van der Waals surface area contributed by atoms with Crippen molar-refractivity contribution in [3.05, 3.63) is 113 Å². The topological polar surface area (TPSA) is 105 Å². The Morgan fingerprint density at radius 1 is 1.02 bits per heavy atom. The number of aromatic nitrogens is 2. The zero-order valence-electron chi connectivity index (χ0n) is 23.5. The van der Waals surface area contributed by atoms with Gasteiger partial charge in [-0.3, -0.25) is 4.79 Å². The largest absolute Gasteiger partial charge is 0.495 e. The lowest BCUT2D eigenvalue weighted by Gasteiger charge is -2.18. The monoisotopic (exact) mass is 588 g/mol. The van der Waals surface area contributed by atoms with E-state index in [9.17, 15) is 13.6 Å². The van der Waals surface area contributed by atoms with Crippen LogP contribution in [-0.2, 0) is 0 Å². The molecule has 0 bridgehead atoms. The number of nitrogens with one attached hydrogen (secondary N) is 2. The fraction of sp³-hybridized carbons (Fsp3) is 0.129. The van der Waals surface area contributed by atoms with Crippen molar-refractivity contribution in [1.29, 1.82) is 0 Å². The molecular formula is C31H30F2N6O2S. The predicted molar refractivity (Wildman–Crippen MR) is 167 cm³/mol. The molecule has 4 rings (SSSR count). The highest BCUT2D eigenvalue weighted by Gasteiger charge is 2.18. The Morgan fingerprint density at radius 2 is 1.74 bits per heavy atom. The van der Waals surface area contributed by atoms with E-state index in [2.05, 4.69) is 22.2 Å². The summed E-state index contributed by atoms with van der Waals surface area (Å²) < 4.78 is 33.7. The minimum atomic E-state index is -0.944. The Hall–Kier alpha value is -4.90. The van der Waals surface area contributed by atoms with Gasteiger partial charge in [-0.2, -0.15) is 0 Å². The van der Waals surface area contributed by atoms with Gasteiger partial charge in [-0.05, 0) is 66.6 Å². The zero-order chi connectivity index (χ0) is 30.4. The number of methoxy groups -OCH3 is 1. The predicted octanol–water partition coefficient (Wildman–Crippen LogP) is 6.88. The minimum Gasteiger partial charge on any atom is -0.495 e. The molecule has 8 nitrogen and oxygen atoms in total. The second kappa shape index (κ2) is 13.2. The molecule has 0 radical (unpaired) electrons. The molecule has 0 atom stereocenters. The first-order valence-electron chi connectivity index (χ1n) is 12.7. The third-order valence-corrected chi connectivity index (χ3v) is 7.10. The van der Waals surface area contributed by atoms with Gasteiger partial charge in [0.1, 0.15) is 22.9 Å². The SMILES string of the molecule is C=C(N)S/C(=C(\C)c1cccc(NC(=O)c2c(F)cccc2F)c1)c1ccnc(Nc2ccc(OC)c(N(C)C)c2)n1. The van der Waals surface area contributed by atoms with E-state index in [1.807, 2.05) is 50.2 Å². The molecule has 0 saturated heterocycles. The van der Waals surface area contributed by atoms with Crippen LogP contribution in [0.25, 0.3) is 10.5 Å². The number of nitrogens with zero attached hydrogens (tertiary/aromatic N) is 3. The van der Waals surface area contributed by atoms with Crippen LogP contribution in [0, 0.1) is 11.6 Å². The summed E-state index contributed by atoms with van der Waals surface area (Å²) >= 11 is 1.24. The van der Waals surface area contributed by atoms with Crippen LogP contribution in [0.5, 0.6) is 5.75 Å². The molecular weight excluding hydrogens is 558 g/mol. The van der Waals surface area contributed by atoms with Crippen molar-refractivity contribution >= 4 is 51.2 Å². The Balaban J connectivity index is 1.66. The molecule has 216 valence electrons. The summed E-state index contributed by atoms with van der Waals surface area (Å²) in [5.74, 6) is -1.68. The van der Waals surface area contributed by atoms with Crippen molar-refractivity contribution in [3.8, 4) is 5.75 Å². The number of thioether (sulfide) groups is 1. The van der Waals surface area contributed by atoms with Crippen LogP contribution in [0.15, 0.2) is 84.5 Å². The molecule has 3 aromatic carbocycles. The molecule has 42 heavy (non-hydrogen) atoms. The highest BCUT2D eigenvalue weighted by atomic mass is 32.2. The van der Waals surface area contributed by atoms with Gasteiger partial charge < -0.3 is 26.0 Å². The van der Waals surface area contributed by atoms with Crippen LogP contribution in [0.3, 0.4) is 0 Å². The molecule has 0 spiro atoms. The summed E-state index contributed by atoms with van der Waals surface area (Å²) in [5, 5.41) is 6.16. The summed E-state index contributed by atoms with van der Waals surface area (Å²) in [7, 11) is 5.47. The summed E-state index contributed by atoms with van der Waals surface area (Å²) in [5.41, 5.74) is 9.45. The van der Waals surface area contributed by atoms with Crippen molar-refractivity contribution < 1.29 is 18.3 Å². The second-order valence-electron chi connectivity index (χ2n) is 9.33. The molecule has 0 fully saturated rings. The lowest BCUT2D eigenvalue weighted by Crippen LogP contribution is -2.15. The van der Waals surface area contributed by atoms with Gasteiger partial charge in [-0.15, -0.1) is 0 Å². The molecule has 0 saturated carbocycles. The number of halogens is 2. The van der Waals surface area contributed by atoms with Crippen molar-refractivity contribution in [2.24, 2.45) is 5.73 Å². The number of carbonyl (C=O) groups excluding carboxylic acids is 1. The fourth-order valence-corrected chi connectivity index (χ4v) is 4.86. The van der Waals surface area contributed by atoms with Crippen molar-refractivity contribution in [2.75, 3.05) is 36.7 Å². The zero-order valence-corrected chi connectivity index (χ0v) is 24.4. The maximum Gasteiger partial charge on any atom is 0.261 e. The van der Waals surface area contributed by atoms with Crippen LogP contribution in [0.2, 0.25) is 0 Å². The number of hydrogen-bond donors (Lipinski definition) is 3. The van der Waals surface area contributed by atoms with Gasteiger partial charge in [0.2, 0.25) is 5.95 Å². The molecule has 0 unspecified atom stereocenters. The minimum absolute atomic E-state index is 0.350. The van der Waals surface area contributed by atoms with E-state index >= 15 is 0 Å². The fourth-order valence-electron chi connectivity index (χ4n) is 4.11. The smallest absolute Gasteiger partial charge is 0.261 e. The Bertz CT molecular complexity index is 1660. The van der Waals surface area contributed by atoms with Crippen LogP contribution in [-0.4, -0.2) is 37.1 Å². The number of nitrogens with two attached hydrogens (primary N) is 1. The number of benzene rings is 3. The van der Waals surface area contributed by atoms with Crippen molar-refractivity contribution in [2.45, 2.75) is 6.92 Å². The molecule has 4 N–H and O–H groups in total. The van der Waals surface area contributed by atoms with Crippen LogP contribution >= 0.6 is 11.8 Å². The lowest BCUT2D eigenvalue weighted by molar-refractivity contribution is 0.101. The quantitative estimate of drug-likeness (QED) is 0.184. The number of carbonyl (C=O) groups is 1. The summed E-state index contributed by atoms with van der Waals surface area (Å²) in [6.07, 6.45) is 1.63. The maximum absolute atomic E-state index is 14.1. The highest BCUT2D eigenvalue weighted by Crippen LogP contribution is 2.38. The number of rotatable bonds is 10. The first-order chi connectivity index (χ1) is 20.1. The Kier molecular flexibility index (Phi) is 9.43. The first kappa shape index (κ1) is 30.1. The van der Waals surface area contributed by atoms with Crippen LogP contribution in [0.1, 0.15) is 28.5 Å². The molecule has 1 aromatic heterocycles. The Morgan fingerprint density at radius 3 is 2.40 bits per heavy atom. The molecule has 1 heterocycles. The van der Waals surface area contributed by atoms with Crippen molar-refractivity contribution in [3.63, 3.8) is 0 Å². The lowest BCUT2D eigenvalue weighted by atomic mass is 10.0. The van der Waals surface area contributed by atoms with E-state index in [1.165, 1.54) is 17.8 Å².